The highest BCUT2D eigenvalue weighted by Gasteiger charge is 2.18. The molecule has 2 heterocycles. The van der Waals surface area contributed by atoms with Crippen LogP contribution in [-0.2, 0) is 11.2 Å². The third-order valence-corrected chi connectivity index (χ3v) is 6.13. The largest absolute Gasteiger partial charge is 0.461 e. The Bertz CT molecular complexity index is 1230. The van der Waals surface area contributed by atoms with Crippen molar-refractivity contribution in [2.45, 2.75) is 13.3 Å². The lowest BCUT2D eigenvalue weighted by molar-refractivity contribution is 0.0519. The molecule has 0 spiro atoms. The molecule has 0 atom stereocenters. The van der Waals surface area contributed by atoms with Crippen molar-refractivity contribution < 1.29 is 14.3 Å². The van der Waals surface area contributed by atoms with Crippen LogP contribution in [-0.4, -0.2) is 34.8 Å². The second-order valence-electron chi connectivity index (χ2n) is 7.19. The lowest BCUT2D eigenvalue weighted by Crippen LogP contribution is -2.25. The fourth-order valence-electron chi connectivity index (χ4n) is 3.32. The molecule has 0 aliphatic heterocycles. The zero-order valence-corrected chi connectivity index (χ0v) is 19.5. The zero-order valence-electron chi connectivity index (χ0n) is 18.0. The quantitative estimate of drug-likeness (QED) is 0.343. The Morgan fingerprint density at radius 3 is 2.52 bits per heavy atom. The number of nitrogens with one attached hydrogen (secondary N) is 1. The molecule has 0 aliphatic carbocycles. The summed E-state index contributed by atoms with van der Waals surface area (Å²) in [6.45, 7) is 2.58. The first kappa shape index (κ1) is 22.8. The van der Waals surface area contributed by atoms with Crippen molar-refractivity contribution in [1.29, 1.82) is 0 Å². The zero-order chi connectivity index (χ0) is 23.2. The standard InChI is InChI=1S/C25H22ClN3O3S/c1-2-32-25(31)22-16-23(17-5-9-19(26)10-6-17)29(28-22)20-11-7-18(8-12-20)24(30)27-14-13-21-4-3-15-33-21/h3-12,15-16H,2,13-14H2,1H3,(H,27,30). The van der Waals surface area contributed by atoms with E-state index < -0.39 is 5.97 Å². The van der Waals surface area contributed by atoms with E-state index in [1.54, 1.807) is 65.4 Å². The van der Waals surface area contributed by atoms with Crippen molar-refractivity contribution in [2.75, 3.05) is 13.2 Å². The smallest absolute Gasteiger partial charge is 0.358 e. The van der Waals surface area contributed by atoms with Crippen LogP contribution in [0, 0.1) is 0 Å². The summed E-state index contributed by atoms with van der Waals surface area (Å²) in [4.78, 5) is 26.0. The molecule has 1 amide bonds. The minimum absolute atomic E-state index is 0.135. The van der Waals surface area contributed by atoms with Crippen LogP contribution in [0.2, 0.25) is 5.02 Å². The number of carbonyl (C=O) groups excluding carboxylic acids is 2. The van der Waals surface area contributed by atoms with E-state index in [1.165, 1.54) is 4.88 Å². The lowest BCUT2D eigenvalue weighted by atomic mass is 10.1. The molecule has 0 unspecified atom stereocenters. The van der Waals surface area contributed by atoms with Gasteiger partial charge in [-0.2, -0.15) is 5.10 Å². The normalized spacial score (nSPS) is 10.7. The second kappa shape index (κ2) is 10.5. The summed E-state index contributed by atoms with van der Waals surface area (Å²) >= 11 is 7.71. The van der Waals surface area contributed by atoms with Gasteiger partial charge in [-0.15, -0.1) is 11.3 Å². The SMILES string of the molecule is CCOC(=O)c1cc(-c2ccc(Cl)cc2)n(-c2ccc(C(=O)NCCc3cccs3)cc2)n1. The molecule has 0 saturated heterocycles. The van der Waals surface area contributed by atoms with E-state index in [2.05, 4.69) is 16.5 Å². The topological polar surface area (TPSA) is 73.2 Å². The highest BCUT2D eigenvalue weighted by Crippen LogP contribution is 2.26. The summed E-state index contributed by atoms with van der Waals surface area (Å²) in [5.41, 5.74) is 3.03. The number of benzene rings is 2. The summed E-state index contributed by atoms with van der Waals surface area (Å²) in [6.07, 6.45) is 0.801. The third-order valence-electron chi connectivity index (χ3n) is 4.95. The number of halogens is 1. The van der Waals surface area contributed by atoms with Gasteiger partial charge in [0.2, 0.25) is 0 Å². The summed E-state index contributed by atoms with van der Waals surface area (Å²) < 4.78 is 6.77. The molecule has 4 aromatic rings. The number of amides is 1. The molecule has 0 aliphatic rings. The van der Waals surface area contributed by atoms with Gasteiger partial charge < -0.3 is 10.1 Å². The molecule has 2 aromatic carbocycles. The molecule has 33 heavy (non-hydrogen) atoms. The van der Waals surface area contributed by atoms with Crippen LogP contribution in [0.5, 0.6) is 0 Å². The fourth-order valence-corrected chi connectivity index (χ4v) is 4.15. The van der Waals surface area contributed by atoms with Gasteiger partial charge in [0.1, 0.15) is 0 Å². The molecule has 6 nitrogen and oxygen atoms in total. The monoisotopic (exact) mass is 479 g/mol. The maximum atomic E-state index is 12.5. The summed E-state index contributed by atoms with van der Waals surface area (Å²) in [6, 6.07) is 20.1. The molecule has 0 saturated carbocycles. The molecular weight excluding hydrogens is 458 g/mol. The van der Waals surface area contributed by atoms with Gasteiger partial charge in [0.25, 0.3) is 5.91 Å². The number of nitrogens with zero attached hydrogens (tertiary/aromatic N) is 2. The van der Waals surface area contributed by atoms with Crippen LogP contribution in [0.25, 0.3) is 16.9 Å². The van der Waals surface area contributed by atoms with Crippen LogP contribution >= 0.6 is 22.9 Å². The Labute approximate surface area is 200 Å². The number of esters is 1. The first-order chi connectivity index (χ1) is 16.0. The van der Waals surface area contributed by atoms with Crippen LogP contribution in [0.15, 0.2) is 72.1 Å². The van der Waals surface area contributed by atoms with Crippen molar-refractivity contribution in [1.82, 2.24) is 15.1 Å². The molecular formula is C25H22ClN3O3S. The summed E-state index contributed by atoms with van der Waals surface area (Å²) in [7, 11) is 0. The Kier molecular flexibility index (Phi) is 7.22. The number of thiophene rings is 1. The minimum Gasteiger partial charge on any atom is -0.461 e. The number of ether oxygens (including phenoxy) is 1. The van der Waals surface area contributed by atoms with Gasteiger partial charge in [-0.3, -0.25) is 4.79 Å². The predicted octanol–water partition coefficient (Wildman–Crippen LogP) is 5.40. The van der Waals surface area contributed by atoms with Gasteiger partial charge in [-0.05, 0) is 67.3 Å². The number of hydrogen-bond acceptors (Lipinski definition) is 5. The van der Waals surface area contributed by atoms with E-state index in [1.807, 2.05) is 23.6 Å². The Balaban J connectivity index is 1.56. The van der Waals surface area contributed by atoms with Crippen molar-refractivity contribution in [2.24, 2.45) is 0 Å². The van der Waals surface area contributed by atoms with Crippen LogP contribution < -0.4 is 5.32 Å². The fraction of sp³-hybridized carbons (Fsp3) is 0.160. The third kappa shape index (κ3) is 5.50. The van der Waals surface area contributed by atoms with Gasteiger partial charge in [0.05, 0.1) is 18.0 Å². The van der Waals surface area contributed by atoms with Gasteiger partial charge >= 0.3 is 5.97 Å². The van der Waals surface area contributed by atoms with E-state index in [9.17, 15) is 9.59 Å². The maximum Gasteiger partial charge on any atom is 0.358 e. The Morgan fingerprint density at radius 1 is 1.09 bits per heavy atom. The molecule has 4 rings (SSSR count). The number of aromatic nitrogens is 2. The summed E-state index contributed by atoms with van der Waals surface area (Å²) in [5, 5.41) is 10.0. The molecule has 2 aromatic heterocycles. The molecule has 1 N–H and O–H groups in total. The van der Waals surface area contributed by atoms with Gasteiger partial charge in [-0.1, -0.05) is 29.8 Å². The second-order valence-corrected chi connectivity index (χ2v) is 8.65. The van der Waals surface area contributed by atoms with Gasteiger partial charge in [0.15, 0.2) is 5.69 Å². The van der Waals surface area contributed by atoms with Crippen LogP contribution in [0.1, 0.15) is 32.6 Å². The van der Waals surface area contributed by atoms with Crippen LogP contribution in [0.4, 0.5) is 0 Å². The molecule has 0 radical (unpaired) electrons. The van der Waals surface area contributed by atoms with E-state index in [-0.39, 0.29) is 18.2 Å². The molecule has 168 valence electrons. The number of carbonyl (C=O) groups is 2. The van der Waals surface area contributed by atoms with E-state index >= 15 is 0 Å². The van der Waals surface area contributed by atoms with Gasteiger partial charge in [-0.25, -0.2) is 9.48 Å². The van der Waals surface area contributed by atoms with Crippen molar-refractivity contribution >= 4 is 34.8 Å². The van der Waals surface area contributed by atoms with E-state index in [4.69, 9.17) is 16.3 Å². The van der Waals surface area contributed by atoms with Crippen LogP contribution in [0.3, 0.4) is 0 Å². The van der Waals surface area contributed by atoms with Crippen molar-refractivity contribution in [3.8, 4) is 16.9 Å². The first-order valence-electron chi connectivity index (χ1n) is 10.5. The average molecular weight is 480 g/mol. The van der Waals surface area contributed by atoms with Gasteiger partial charge in [0, 0.05) is 27.6 Å². The van der Waals surface area contributed by atoms with E-state index in [0.29, 0.717) is 28.5 Å². The average Bonchev–Trinajstić information content (AvgIpc) is 3.50. The molecule has 0 bridgehead atoms. The molecule has 8 heteroatoms. The van der Waals surface area contributed by atoms with Crippen molar-refractivity contribution in [3.05, 3.63) is 93.3 Å². The molecule has 0 fully saturated rings. The van der Waals surface area contributed by atoms with Crippen molar-refractivity contribution in [3.63, 3.8) is 0 Å². The Morgan fingerprint density at radius 2 is 1.85 bits per heavy atom. The summed E-state index contributed by atoms with van der Waals surface area (Å²) in [5.74, 6) is -0.628. The first-order valence-corrected chi connectivity index (χ1v) is 11.7. The highest BCUT2D eigenvalue weighted by atomic mass is 35.5. The number of hydrogen-bond donors (Lipinski definition) is 1. The number of rotatable bonds is 8. The Hall–Kier alpha value is -3.42. The minimum atomic E-state index is -0.492. The van der Waals surface area contributed by atoms with E-state index in [0.717, 1.165) is 12.0 Å². The lowest BCUT2D eigenvalue weighted by Gasteiger charge is -2.09. The highest BCUT2D eigenvalue weighted by molar-refractivity contribution is 7.09. The maximum absolute atomic E-state index is 12.5. The predicted molar refractivity (Wildman–Crippen MR) is 130 cm³/mol.